The van der Waals surface area contributed by atoms with E-state index in [1.165, 1.54) is 4.57 Å². The first kappa shape index (κ1) is 18.5. The molecule has 0 aliphatic heterocycles. The minimum atomic E-state index is -0.419. The standard InChI is InChI=1S/C22H19N3O4/c26-20(13-7-15-25-18-11-4-5-12-19(18)29-22(25)27)24-17-10-6-14-23-21(17)28-16-8-2-1-3-9-16/h1-6,8-12,14H,7,13,15H2,(H,24,26). The van der Waals surface area contributed by atoms with E-state index in [4.69, 9.17) is 9.15 Å². The number of pyridine rings is 1. The summed E-state index contributed by atoms with van der Waals surface area (Å²) >= 11 is 0. The van der Waals surface area contributed by atoms with Crippen molar-refractivity contribution in [1.82, 2.24) is 9.55 Å². The Hall–Kier alpha value is -3.87. The number of benzene rings is 2. The molecule has 0 saturated heterocycles. The predicted octanol–water partition coefficient (Wildman–Crippen LogP) is 4.20. The molecule has 146 valence electrons. The molecule has 4 rings (SSSR count). The van der Waals surface area contributed by atoms with Crippen LogP contribution in [0.25, 0.3) is 11.1 Å². The lowest BCUT2D eigenvalue weighted by molar-refractivity contribution is -0.116. The summed E-state index contributed by atoms with van der Waals surface area (Å²) in [6.07, 6.45) is 2.33. The van der Waals surface area contributed by atoms with E-state index in [1.807, 2.05) is 48.5 Å². The van der Waals surface area contributed by atoms with Gasteiger partial charge in [-0.3, -0.25) is 9.36 Å². The number of fused-ring (bicyclic) bond motifs is 1. The summed E-state index contributed by atoms with van der Waals surface area (Å²) in [5.74, 6) is 0.353. The molecule has 4 aromatic rings. The highest BCUT2D eigenvalue weighted by atomic mass is 16.5. The van der Waals surface area contributed by atoms with Gasteiger partial charge in [-0.25, -0.2) is 9.78 Å². The highest BCUT2D eigenvalue weighted by molar-refractivity contribution is 5.91. The average molecular weight is 389 g/mol. The van der Waals surface area contributed by atoms with Crippen molar-refractivity contribution < 1.29 is 13.9 Å². The SMILES string of the molecule is O=C(CCCn1c(=O)oc2ccccc21)Nc1cccnc1Oc1ccccc1. The summed E-state index contributed by atoms with van der Waals surface area (Å²) in [7, 11) is 0. The van der Waals surface area contributed by atoms with Gasteiger partial charge < -0.3 is 14.5 Å². The van der Waals surface area contributed by atoms with Crippen LogP contribution in [0.1, 0.15) is 12.8 Å². The van der Waals surface area contributed by atoms with Crippen molar-refractivity contribution >= 4 is 22.7 Å². The molecular formula is C22H19N3O4. The Morgan fingerprint density at radius 2 is 1.83 bits per heavy atom. The Bertz CT molecular complexity index is 1180. The molecule has 0 unspecified atom stereocenters. The third-order valence-corrected chi connectivity index (χ3v) is 4.36. The Morgan fingerprint density at radius 1 is 1.03 bits per heavy atom. The molecule has 2 aromatic heterocycles. The minimum absolute atomic E-state index is 0.184. The average Bonchev–Trinajstić information content (AvgIpc) is 3.05. The normalized spacial score (nSPS) is 10.8. The number of aromatic nitrogens is 2. The summed E-state index contributed by atoms with van der Waals surface area (Å²) < 4.78 is 12.5. The molecule has 7 heteroatoms. The van der Waals surface area contributed by atoms with Crippen molar-refractivity contribution in [1.29, 1.82) is 0 Å². The van der Waals surface area contributed by atoms with Gasteiger partial charge in [0, 0.05) is 19.2 Å². The number of nitrogens with zero attached hydrogens (tertiary/aromatic N) is 2. The maximum absolute atomic E-state index is 12.4. The number of nitrogens with one attached hydrogen (secondary N) is 1. The molecule has 0 aliphatic rings. The maximum atomic E-state index is 12.4. The van der Waals surface area contributed by atoms with Gasteiger partial charge >= 0.3 is 5.76 Å². The monoisotopic (exact) mass is 389 g/mol. The molecule has 0 aliphatic carbocycles. The summed E-state index contributed by atoms with van der Waals surface area (Å²) in [5.41, 5.74) is 1.76. The van der Waals surface area contributed by atoms with Crippen molar-refractivity contribution in [3.8, 4) is 11.6 Å². The number of aryl methyl sites for hydroxylation is 1. The van der Waals surface area contributed by atoms with E-state index in [-0.39, 0.29) is 12.3 Å². The van der Waals surface area contributed by atoms with Gasteiger partial charge in [0.1, 0.15) is 11.4 Å². The van der Waals surface area contributed by atoms with E-state index >= 15 is 0 Å². The maximum Gasteiger partial charge on any atom is 0.419 e. The molecule has 1 N–H and O–H groups in total. The summed E-state index contributed by atoms with van der Waals surface area (Å²) in [5, 5.41) is 2.83. The smallest absolute Gasteiger partial charge is 0.419 e. The third-order valence-electron chi connectivity index (χ3n) is 4.36. The lowest BCUT2D eigenvalue weighted by Crippen LogP contribution is -2.17. The molecule has 7 nitrogen and oxygen atoms in total. The molecule has 0 fully saturated rings. The number of para-hydroxylation sites is 3. The Labute approximate surface area is 166 Å². The highest BCUT2D eigenvalue weighted by Crippen LogP contribution is 2.26. The molecule has 2 heterocycles. The van der Waals surface area contributed by atoms with Crippen LogP contribution in [-0.2, 0) is 11.3 Å². The first-order chi connectivity index (χ1) is 14.2. The number of carbonyl (C=O) groups is 1. The Morgan fingerprint density at radius 3 is 2.69 bits per heavy atom. The molecule has 0 saturated carbocycles. The zero-order chi connectivity index (χ0) is 20.1. The largest absolute Gasteiger partial charge is 0.437 e. The molecule has 0 spiro atoms. The number of rotatable bonds is 7. The van der Waals surface area contributed by atoms with Gasteiger partial charge in [0.15, 0.2) is 5.58 Å². The second-order valence-electron chi connectivity index (χ2n) is 6.41. The second kappa shape index (κ2) is 8.43. The van der Waals surface area contributed by atoms with E-state index in [2.05, 4.69) is 10.3 Å². The quantitative estimate of drug-likeness (QED) is 0.512. The fourth-order valence-corrected chi connectivity index (χ4v) is 3.00. The van der Waals surface area contributed by atoms with Crippen LogP contribution < -0.4 is 15.8 Å². The Kier molecular flexibility index (Phi) is 5.38. The van der Waals surface area contributed by atoms with E-state index in [9.17, 15) is 9.59 Å². The molecular weight excluding hydrogens is 370 g/mol. The van der Waals surface area contributed by atoms with E-state index in [0.717, 1.165) is 5.52 Å². The van der Waals surface area contributed by atoms with Gasteiger partial charge in [0.05, 0.1) is 5.52 Å². The van der Waals surface area contributed by atoms with E-state index in [1.54, 1.807) is 24.4 Å². The number of amides is 1. The van der Waals surface area contributed by atoms with Gasteiger partial charge in [-0.1, -0.05) is 30.3 Å². The summed E-state index contributed by atoms with van der Waals surface area (Å²) in [4.78, 5) is 28.6. The van der Waals surface area contributed by atoms with E-state index in [0.29, 0.717) is 35.9 Å². The van der Waals surface area contributed by atoms with Crippen LogP contribution in [0.2, 0.25) is 0 Å². The van der Waals surface area contributed by atoms with Gasteiger partial charge in [-0.2, -0.15) is 0 Å². The van der Waals surface area contributed by atoms with Crippen molar-refractivity contribution in [3.05, 3.63) is 83.5 Å². The van der Waals surface area contributed by atoms with Crippen LogP contribution in [0, 0.1) is 0 Å². The number of hydrogen-bond acceptors (Lipinski definition) is 5. The predicted molar refractivity (Wildman–Crippen MR) is 109 cm³/mol. The summed E-state index contributed by atoms with van der Waals surface area (Å²) in [6, 6.07) is 19.9. The van der Waals surface area contributed by atoms with Crippen molar-refractivity contribution in [3.63, 3.8) is 0 Å². The topological polar surface area (TPSA) is 86.4 Å². The third kappa shape index (κ3) is 4.35. The summed E-state index contributed by atoms with van der Waals surface area (Å²) in [6.45, 7) is 0.393. The van der Waals surface area contributed by atoms with Crippen molar-refractivity contribution in [2.45, 2.75) is 19.4 Å². The molecule has 2 aromatic carbocycles. The van der Waals surface area contributed by atoms with Crippen molar-refractivity contribution in [2.75, 3.05) is 5.32 Å². The zero-order valence-electron chi connectivity index (χ0n) is 15.6. The number of oxazole rings is 1. The number of anilines is 1. The van der Waals surface area contributed by atoms with Crippen LogP contribution in [0.3, 0.4) is 0 Å². The Balaban J connectivity index is 1.38. The molecule has 1 amide bonds. The van der Waals surface area contributed by atoms with Gasteiger partial charge in [0.25, 0.3) is 0 Å². The number of carbonyl (C=O) groups excluding carboxylic acids is 1. The first-order valence-corrected chi connectivity index (χ1v) is 9.27. The molecule has 0 bridgehead atoms. The molecule has 0 atom stereocenters. The molecule has 0 radical (unpaired) electrons. The van der Waals surface area contributed by atoms with Gasteiger partial charge in [-0.15, -0.1) is 0 Å². The van der Waals surface area contributed by atoms with Gasteiger partial charge in [0.2, 0.25) is 11.8 Å². The lowest BCUT2D eigenvalue weighted by Gasteiger charge is -2.11. The van der Waals surface area contributed by atoms with E-state index < -0.39 is 5.76 Å². The second-order valence-corrected chi connectivity index (χ2v) is 6.41. The van der Waals surface area contributed by atoms with Crippen molar-refractivity contribution in [2.24, 2.45) is 0 Å². The highest BCUT2D eigenvalue weighted by Gasteiger charge is 2.12. The minimum Gasteiger partial charge on any atom is -0.437 e. The fraction of sp³-hybridized carbons (Fsp3) is 0.136. The van der Waals surface area contributed by atoms with Crippen LogP contribution in [0.5, 0.6) is 11.6 Å². The van der Waals surface area contributed by atoms with Crippen LogP contribution in [-0.4, -0.2) is 15.5 Å². The number of hydrogen-bond donors (Lipinski definition) is 1. The first-order valence-electron chi connectivity index (χ1n) is 9.27. The van der Waals surface area contributed by atoms with Crippen LogP contribution >= 0.6 is 0 Å². The number of ether oxygens (including phenoxy) is 1. The zero-order valence-corrected chi connectivity index (χ0v) is 15.6. The van der Waals surface area contributed by atoms with Crippen LogP contribution in [0.15, 0.2) is 82.1 Å². The molecule has 29 heavy (non-hydrogen) atoms. The van der Waals surface area contributed by atoms with Crippen LogP contribution in [0.4, 0.5) is 5.69 Å². The lowest BCUT2D eigenvalue weighted by atomic mass is 10.2. The fourth-order valence-electron chi connectivity index (χ4n) is 3.00. The van der Waals surface area contributed by atoms with Gasteiger partial charge in [-0.05, 0) is 42.8 Å².